The Morgan fingerprint density at radius 3 is 1.73 bits per heavy atom. The topological polar surface area (TPSA) is 52.6 Å². The first-order valence-corrected chi connectivity index (χ1v) is 7.96. The largest absolute Gasteiger partial charge is 0.465 e. The van der Waals surface area contributed by atoms with E-state index >= 15 is 0 Å². The monoisotopic (exact) mass is 348 g/mol. The molecule has 0 bridgehead atoms. The number of rotatable bonds is 6. The van der Waals surface area contributed by atoms with E-state index in [9.17, 15) is 9.59 Å². The first-order valence-electron chi connectivity index (χ1n) is 7.20. The second-order valence-corrected chi connectivity index (χ2v) is 5.16. The molecule has 0 aromatic heterocycles. The van der Waals surface area contributed by atoms with Gasteiger partial charge in [-0.3, -0.25) is 9.59 Å². The van der Waals surface area contributed by atoms with Crippen LogP contribution in [0.5, 0.6) is 0 Å². The highest BCUT2D eigenvalue weighted by Crippen LogP contribution is 2.14. The van der Waals surface area contributed by atoms with Crippen LogP contribution in [0.4, 0.5) is 0 Å². The van der Waals surface area contributed by atoms with E-state index in [1.165, 1.54) is 0 Å². The third-order valence-electron chi connectivity index (χ3n) is 2.51. The molecular formula is C16H22Cl2O4. The van der Waals surface area contributed by atoms with Crippen LogP contribution in [0, 0.1) is 5.92 Å². The summed E-state index contributed by atoms with van der Waals surface area (Å²) in [6.45, 7) is 5.92. The van der Waals surface area contributed by atoms with Crippen LogP contribution in [-0.2, 0) is 19.1 Å². The van der Waals surface area contributed by atoms with Gasteiger partial charge in [-0.2, -0.15) is 0 Å². The molecule has 0 heterocycles. The Bertz CT molecular complexity index is 428. The van der Waals surface area contributed by atoms with Gasteiger partial charge < -0.3 is 9.47 Å². The molecule has 1 aromatic rings. The second-order valence-electron chi connectivity index (χ2n) is 4.29. The lowest BCUT2D eigenvalue weighted by Crippen LogP contribution is -2.27. The van der Waals surface area contributed by atoms with Crippen molar-refractivity contribution in [2.75, 3.05) is 13.2 Å². The minimum absolute atomic E-state index is 0.290. The van der Waals surface area contributed by atoms with Gasteiger partial charge in [-0.1, -0.05) is 42.6 Å². The maximum absolute atomic E-state index is 11.3. The zero-order valence-corrected chi connectivity index (χ0v) is 14.6. The van der Waals surface area contributed by atoms with E-state index in [1.807, 2.05) is 13.0 Å². The zero-order valence-electron chi connectivity index (χ0n) is 13.1. The Hall–Kier alpha value is -1.26. The second kappa shape index (κ2) is 12.3. The molecule has 0 amide bonds. The number of hydrogen-bond acceptors (Lipinski definition) is 4. The highest BCUT2D eigenvalue weighted by Gasteiger charge is 2.28. The van der Waals surface area contributed by atoms with E-state index in [1.54, 1.807) is 32.0 Å². The molecule has 0 saturated heterocycles. The van der Waals surface area contributed by atoms with Crippen LogP contribution in [-0.4, -0.2) is 25.2 Å². The van der Waals surface area contributed by atoms with Crippen molar-refractivity contribution in [2.24, 2.45) is 5.92 Å². The maximum Gasteiger partial charge on any atom is 0.320 e. The predicted octanol–water partition coefficient (Wildman–Crippen LogP) is 4.52. The van der Waals surface area contributed by atoms with Crippen molar-refractivity contribution in [3.8, 4) is 0 Å². The van der Waals surface area contributed by atoms with Crippen LogP contribution < -0.4 is 0 Å². The van der Waals surface area contributed by atoms with E-state index in [0.717, 1.165) is 6.42 Å². The van der Waals surface area contributed by atoms with E-state index in [4.69, 9.17) is 32.7 Å². The average molecular weight is 349 g/mol. The van der Waals surface area contributed by atoms with Gasteiger partial charge >= 0.3 is 11.9 Å². The fourth-order valence-electron chi connectivity index (χ4n) is 1.57. The van der Waals surface area contributed by atoms with Gasteiger partial charge in [-0.25, -0.2) is 0 Å². The van der Waals surface area contributed by atoms with Crippen LogP contribution in [0.3, 0.4) is 0 Å². The van der Waals surface area contributed by atoms with Gasteiger partial charge in [-0.15, -0.1) is 0 Å². The van der Waals surface area contributed by atoms with E-state index in [2.05, 4.69) is 0 Å². The molecule has 4 nitrogen and oxygen atoms in total. The fraction of sp³-hybridized carbons (Fsp3) is 0.500. The Morgan fingerprint density at radius 2 is 1.45 bits per heavy atom. The lowest BCUT2D eigenvalue weighted by atomic mass is 10.0. The molecule has 0 fully saturated rings. The standard InChI is InChI=1S/C10H18O4.C6H4Cl2/c1-4-7-8(9(11)13-5-2)10(12)14-6-3;7-5-2-1-3-6(8)4-5/h8H,4-7H2,1-3H3;1-4H. The summed E-state index contributed by atoms with van der Waals surface area (Å²) in [5, 5.41) is 1.36. The molecule has 0 saturated carbocycles. The molecule has 0 unspecified atom stereocenters. The van der Waals surface area contributed by atoms with Gasteiger partial charge in [0, 0.05) is 10.0 Å². The summed E-state index contributed by atoms with van der Waals surface area (Å²) in [6.07, 6.45) is 1.24. The number of carbonyl (C=O) groups excluding carboxylic acids is 2. The summed E-state index contributed by atoms with van der Waals surface area (Å²) in [6, 6.07) is 7.08. The molecule has 1 aromatic carbocycles. The van der Waals surface area contributed by atoms with Crippen LogP contribution in [0.1, 0.15) is 33.6 Å². The Balaban J connectivity index is 0.000000461. The molecule has 0 atom stereocenters. The molecule has 0 aliphatic heterocycles. The number of carbonyl (C=O) groups is 2. The third-order valence-corrected chi connectivity index (χ3v) is 2.98. The SMILES string of the molecule is CCCC(C(=O)OCC)C(=O)OCC.Clc1cccc(Cl)c1. The summed E-state index contributed by atoms with van der Waals surface area (Å²) in [4.78, 5) is 22.7. The number of halogens is 2. The number of esters is 2. The molecule has 6 heteroatoms. The van der Waals surface area contributed by atoms with Crippen molar-refractivity contribution in [3.05, 3.63) is 34.3 Å². The molecule has 22 heavy (non-hydrogen) atoms. The minimum Gasteiger partial charge on any atom is -0.465 e. The zero-order chi connectivity index (χ0) is 17.0. The molecule has 0 radical (unpaired) electrons. The lowest BCUT2D eigenvalue weighted by Gasteiger charge is -2.12. The van der Waals surface area contributed by atoms with Crippen LogP contribution in [0.2, 0.25) is 10.0 Å². The van der Waals surface area contributed by atoms with Gasteiger partial charge in [0.05, 0.1) is 13.2 Å². The van der Waals surface area contributed by atoms with E-state index < -0.39 is 17.9 Å². The summed E-state index contributed by atoms with van der Waals surface area (Å²) in [5.41, 5.74) is 0. The summed E-state index contributed by atoms with van der Waals surface area (Å²) < 4.78 is 9.57. The Kier molecular flexibility index (Phi) is 11.6. The molecular weight excluding hydrogens is 327 g/mol. The smallest absolute Gasteiger partial charge is 0.320 e. The van der Waals surface area contributed by atoms with Crippen LogP contribution >= 0.6 is 23.2 Å². The number of ether oxygens (including phenoxy) is 2. The molecule has 0 aliphatic rings. The highest BCUT2D eigenvalue weighted by atomic mass is 35.5. The fourth-order valence-corrected chi connectivity index (χ4v) is 2.00. The van der Waals surface area contributed by atoms with Crippen molar-refractivity contribution >= 4 is 35.1 Å². The third kappa shape index (κ3) is 8.90. The quantitative estimate of drug-likeness (QED) is 0.560. The summed E-state index contributed by atoms with van der Waals surface area (Å²) >= 11 is 11.1. The van der Waals surface area contributed by atoms with Crippen molar-refractivity contribution < 1.29 is 19.1 Å². The van der Waals surface area contributed by atoms with Crippen molar-refractivity contribution in [3.63, 3.8) is 0 Å². The maximum atomic E-state index is 11.3. The lowest BCUT2D eigenvalue weighted by molar-refractivity contribution is -0.161. The average Bonchev–Trinajstić information content (AvgIpc) is 2.45. The van der Waals surface area contributed by atoms with Crippen molar-refractivity contribution in [2.45, 2.75) is 33.6 Å². The molecule has 0 aliphatic carbocycles. The summed E-state index contributed by atoms with van der Waals surface area (Å²) in [7, 11) is 0. The molecule has 0 spiro atoms. The van der Waals surface area contributed by atoms with Gasteiger partial charge in [0.25, 0.3) is 0 Å². The van der Waals surface area contributed by atoms with E-state index in [-0.39, 0.29) is 0 Å². The minimum atomic E-state index is -0.750. The van der Waals surface area contributed by atoms with Gasteiger partial charge in [0.1, 0.15) is 0 Å². The predicted molar refractivity (Wildman–Crippen MR) is 88.1 cm³/mol. The van der Waals surface area contributed by atoms with Crippen LogP contribution in [0.15, 0.2) is 24.3 Å². The van der Waals surface area contributed by atoms with Gasteiger partial charge in [-0.05, 0) is 38.5 Å². The highest BCUT2D eigenvalue weighted by molar-refractivity contribution is 6.34. The van der Waals surface area contributed by atoms with Crippen molar-refractivity contribution in [1.82, 2.24) is 0 Å². The first-order chi connectivity index (χ1) is 10.5. The first kappa shape index (κ1) is 20.7. The van der Waals surface area contributed by atoms with Gasteiger partial charge in [0.2, 0.25) is 0 Å². The van der Waals surface area contributed by atoms with Crippen LogP contribution in [0.25, 0.3) is 0 Å². The van der Waals surface area contributed by atoms with Crippen molar-refractivity contribution in [1.29, 1.82) is 0 Å². The Labute approximate surface area is 141 Å². The van der Waals surface area contributed by atoms with E-state index in [0.29, 0.717) is 29.7 Å². The number of hydrogen-bond donors (Lipinski definition) is 0. The molecule has 1 rings (SSSR count). The Morgan fingerprint density at radius 1 is 1.00 bits per heavy atom. The normalized spacial score (nSPS) is 9.73. The number of benzene rings is 1. The summed E-state index contributed by atoms with van der Waals surface area (Å²) in [5.74, 6) is -1.71. The van der Waals surface area contributed by atoms with Gasteiger partial charge in [0.15, 0.2) is 5.92 Å². The molecule has 0 N–H and O–H groups in total. The molecule has 124 valence electrons.